The highest BCUT2D eigenvalue weighted by Crippen LogP contribution is 2.41. The Morgan fingerprint density at radius 1 is 0.938 bits per heavy atom. The van der Waals surface area contributed by atoms with E-state index in [1.54, 1.807) is 6.07 Å². The molecule has 2 aliphatic rings. The number of ether oxygens (including phenoxy) is 1. The molecular weight excluding hydrogens is 419 g/mol. The van der Waals surface area contributed by atoms with Gasteiger partial charge in [-0.15, -0.1) is 0 Å². The number of benzene rings is 2. The Bertz CT molecular complexity index is 925. The predicted molar refractivity (Wildman–Crippen MR) is 134 cm³/mol. The SMILES string of the molecule is CCCCOc1ccc(-c2ccc(C3=CCC(C4CCC(C)CC4)CC3)cc2)c(Cl)c1F. The summed E-state index contributed by atoms with van der Waals surface area (Å²) in [7, 11) is 0. The van der Waals surface area contributed by atoms with Crippen molar-refractivity contribution in [2.24, 2.45) is 17.8 Å². The highest BCUT2D eigenvalue weighted by atomic mass is 35.5. The molecule has 0 aliphatic heterocycles. The minimum Gasteiger partial charge on any atom is -0.490 e. The summed E-state index contributed by atoms with van der Waals surface area (Å²) in [5.74, 6) is 2.48. The van der Waals surface area contributed by atoms with Crippen LogP contribution >= 0.6 is 11.6 Å². The smallest absolute Gasteiger partial charge is 0.184 e. The van der Waals surface area contributed by atoms with Gasteiger partial charge in [0.2, 0.25) is 0 Å². The van der Waals surface area contributed by atoms with Crippen molar-refractivity contribution < 1.29 is 9.13 Å². The van der Waals surface area contributed by atoms with Crippen molar-refractivity contribution in [3.63, 3.8) is 0 Å². The normalized spacial score (nSPS) is 23.6. The van der Waals surface area contributed by atoms with Gasteiger partial charge in [-0.25, -0.2) is 4.39 Å². The van der Waals surface area contributed by atoms with Crippen LogP contribution in [0.3, 0.4) is 0 Å². The first kappa shape index (κ1) is 23.4. The molecule has 32 heavy (non-hydrogen) atoms. The van der Waals surface area contributed by atoms with Crippen LogP contribution in [-0.2, 0) is 0 Å². The quantitative estimate of drug-likeness (QED) is 0.378. The van der Waals surface area contributed by atoms with E-state index in [0.717, 1.165) is 42.6 Å². The topological polar surface area (TPSA) is 9.23 Å². The lowest BCUT2D eigenvalue weighted by Gasteiger charge is -2.34. The van der Waals surface area contributed by atoms with Gasteiger partial charge in [0.05, 0.1) is 11.6 Å². The van der Waals surface area contributed by atoms with E-state index in [4.69, 9.17) is 16.3 Å². The first-order valence-electron chi connectivity index (χ1n) is 12.5. The van der Waals surface area contributed by atoms with Crippen LogP contribution in [0, 0.1) is 23.6 Å². The minimum absolute atomic E-state index is 0.133. The number of halogens is 2. The van der Waals surface area contributed by atoms with Crippen LogP contribution in [0.2, 0.25) is 5.02 Å². The van der Waals surface area contributed by atoms with E-state index in [1.165, 1.54) is 49.7 Å². The molecule has 4 rings (SSSR count). The molecule has 0 aromatic heterocycles. The van der Waals surface area contributed by atoms with Crippen molar-refractivity contribution in [2.75, 3.05) is 6.61 Å². The minimum atomic E-state index is -0.470. The fourth-order valence-electron chi connectivity index (χ4n) is 5.36. The van der Waals surface area contributed by atoms with Crippen molar-refractivity contribution in [1.29, 1.82) is 0 Å². The first-order valence-corrected chi connectivity index (χ1v) is 12.8. The molecule has 0 radical (unpaired) electrons. The third-order valence-electron chi connectivity index (χ3n) is 7.55. The summed E-state index contributed by atoms with van der Waals surface area (Å²) >= 11 is 6.37. The molecule has 1 fully saturated rings. The maximum Gasteiger partial charge on any atom is 0.184 e. The Balaban J connectivity index is 1.42. The third-order valence-corrected chi connectivity index (χ3v) is 7.92. The number of allylic oxidation sites excluding steroid dienone is 2. The molecule has 0 bridgehead atoms. The van der Waals surface area contributed by atoms with Crippen molar-refractivity contribution in [3.8, 4) is 16.9 Å². The van der Waals surface area contributed by atoms with E-state index in [1.807, 2.05) is 6.07 Å². The maximum absolute atomic E-state index is 14.7. The molecule has 0 amide bonds. The van der Waals surface area contributed by atoms with Gasteiger partial charge in [-0.05, 0) is 85.1 Å². The standard InChI is InChI=1S/C29H36ClFO/c1-3-4-19-32-27-18-17-26(28(30)29(27)31)25-15-13-24(14-16-25)23-11-9-22(10-12-23)21-7-5-20(2)6-8-21/h11,13-18,20-22H,3-10,12,19H2,1-2H3. The van der Waals surface area contributed by atoms with Crippen LogP contribution in [0.5, 0.6) is 5.75 Å². The number of hydrogen-bond donors (Lipinski definition) is 0. The van der Waals surface area contributed by atoms with E-state index in [-0.39, 0.29) is 10.8 Å². The second kappa shape index (κ2) is 10.9. The van der Waals surface area contributed by atoms with Gasteiger partial charge in [0.25, 0.3) is 0 Å². The maximum atomic E-state index is 14.7. The Morgan fingerprint density at radius 2 is 1.66 bits per heavy atom. The van der Waals surface area contributed by atoms with E-state index in [2.05, 4.69) is 44.2 Å². The summed E-state index contributed by atoms with van der Waals surface area (Å²) in [5, 5.41) is 0.133. The number of unbranched alkanes of at least 4 members (excludes halogenated alkanes) is 1. The van der Waals surface area contributed by atoms with Crippen LogP contribution in [0.1, 0.15) is 77.2 Å². The van der Waals surface area contributed by atoms with Gasteiger partial charge in [0, 0.05) is 5.56 Å². The molecule has 172 valence electrons. The summed E-state index contributed by atoms with van der Waals surface area (Å²) in [5.41, 5.74) is 4.38. The molecule has 1 saturated carbocycles. The highest BCUT2D eigenvalue weighted by molar-refractivity contribution is 6.33. The molecule has 1 nitrogen and oxygen atoms in total. The van der Waals surface area contributed by atoms with Crippen molar-refractivity contribution in [2.45, 2.75) is 71.6 Å². The summed E-state index contributed by atoms with van der Waals surface area (Å²) in [6, 6.07) is 12.0. The molecule has 2 aromatic rings. The Kier molecular flexibility index (Phi) is 7.94. The zero-order valence-electron chi connectivity index (χ0n) is 19.5. The zero-order chi connectivity index (χ0) is 22.5. The largest absolute Gasteiger partial charge is 0.490 e. The molecule has 1 atom stereocenters. The molecule has 0 heterocycles. The second-order valence-electron chi connectivity index (χ2n) is 9.80. The van der Waals surface area contributed by atoms with Gasteiger partial charge in [-0.3, -0.25) is 0 Å². The molecule has 0 N–H and O–H groups in total. The predicted octanol–water partition coefficient (Wildman–Crippen LogP) is 9.33. The first-order chi connectivity index (χ1) is 15.6. The average molecular weight is 455 g/mol. The Morgan fingerprint density at radius 3 is 2.31 bits per heavy atom. The fourth-order valence-corrected chi connectivity index (χ4v) is 5.62. The van der Waals surface area contributed by atoms with Crippen LogP contribution in [0.4, 0.5) is 4.39 Å². The van der Waals surface area contributed by atoms with Gasteiger partial charge >= 0.3 is 0 Å². The molecule has 2 aliphatic carbocycles. The Labute approximate surface area is 198 Å². The van der Waals surface area contributed by atoms with Gasteiger partial charge in [-0.1, -0.05) is 75.1 Å². The van der Waals surface area contributed by atoms with Gasteiger partial charge in [0.1, 0.15) is 0 Å². The third kappa shape index (κ3) is 5.39. The van der Waals surface area contributed by atoms with E-state index in [0.29, 0.717) is 12.2 Å². The summed E-state index contributed by atoms with van der Waals surface area (Å²) in [6.07, 6.45) is 13.7. The monoisotopic (exact) mass is 454 g/mol. The lowest BCUT2D eigenvalue weighted by molar-refractivity contribution is 0.202. The van der Waals surface area contributed by atoms with Crippen LogP contribution in [0.15, 0.2) is 42.5 Å². The lowest BCUT2D eigenvalue weighted by Crippen LogP contribution is -2.22. The Hall–Kier alpha value is -1.80. The molecule has 1 unspecified atom stereocenters. The van der Waals surface area contributed by atoms with Crippen LogP contribution < -0.4 is 4.74 Å². The number of rotatable bonds is 7. The average Bonchev–Trinajstić information content (AvgIpc) is 2.83. The summed E-state index contributed by atoms with van der Waals surface area (Å²) < 4.78 is 20.2. The van der Waals surface area contributed by atoms with Crippen molar-refractivity contribution >= 4 is 17.2 Å². The molecular formula is C29H36ClFO. The van der Waals surface area contributed by atoms with Crippen LogP contribution in [0.25, 0.3) is 16.7 Å². The molecule has 2 aromatic carbocycles. The summed E-state index contributed by atoms with van der Waals surface area (Å²) in [6.45, 7) is 4.99. The number of hydrogen-bond acceptors (Lipinski definition) is 1. The van der Waals surface area contributed by atoms with Gasteiger partial charge in [-0.2, -0.15) is 0 Å². The lowest BCUT2D eigenvalue weighted by atomic mass is 9.71. The van der Waals surface area contributed by atoms with Gasteiger partial charge in [0.15, 0.2) is 11.6 Å². The van der Waals surface area contributed by atoms with Gasteiger partial charge < -0.3 is 4.74 Å². The summed E-state index contributed by atoms with van der Waals surface area (Å²) in [4.78, 5) is 0. The van der Waals surface area contributed by atoms with Crippen LogP contribution in [-0.4, -0.2) is 6.61 Å². The van der Waals surface area contributed by atoms with E-state index < -0.39 is 5.82 Å². The van der Waals surface area contributed by atoms with Crippen molar-refractivity contribution in [3.05, 3.63) is 58.9 Å². The van der Waals surface area contributed by atoms with Crippen molar-refractivity contribution in [1.82, 2.24) is 0 Å². The molecule has 0 spiro atoms. The second-order valence-corrected chi connectivity index (χ2v) is 10.2. The zero-order valence-corrected chi connectivity index (χ0v) is 20.3. The molecule has 0 saturated heterocycles. The van der Waals surface area contributed by atoms with E-state index in [9.17, 15) is 4.39 Å². The van der Waals surface area contributed by atoms with E-state index >= 15 is 0 Å². The highest BCUT2D eigenvalue weighted by Gasteiger charge is 2.27. The molecule has 3 heteroatoms. The fraction of sp³-hybridized carbons (Fsp3) is 0.517.